The number of hydrogen-bond acceptors (Lipinski definition) is 4. The van der Waals surface area contributed by atoms with Crippen molar-refractivity contribution in [2.24, 2.45) is 0 Å². The van der Waals surface area contributed by atoms with E-state index in [1.165, 1.54) is 0 Å². The summed E-state index contributed by atoms with van der Waals surface area (Å²) in [7, 11) is 0. The molecule has 1 aliphatic heterocycles. The predicted octanol–water partition coefficient (Wildman–Crippen LogP) is 0.836. The Morgan fingerprint density at radius 3 is 2.71 bits per heavy atom. The quantitative estimate of drug-likeness (QED) is 0.785. The molecule has 6 nitrogen and oxygen atoms in total. The minimum atomic E-state index is -0.657. The molecule has 114 valence electrons. The molecule has 2 amide bonds. The molecule has 0 aliphatic carbocycles. The lowest BCUT2D eigenvalue weighted by molar-refractivity contribution is -0.136. The van der Waals surface area contributed by atoms with Gasteiger partial charge in [0.15, 0.2) is 0 Å². The van der Waals surface area contributed by atoms with Crippen LogP contribution in [0.15, 0.2) is 28.7 Å². The minimum absolute atomic E-state index is 0.449. The van der Waals surface area contributed by atoms with Gasteiger partial charge in [-0.1, -0.05) is 22.0 Å². The third-order valence-electron chi connectivity index (χ3n) is 3.11. The fourth-order valence-electron chi connectivity index (χ4n) is 1.99. The molecule has 0 atom stereocenters. The molecule has 0 saturated carbocycles. The molecule has 1 fully saturated rings. The molecule has 1 aromatic rings. The van der Waals surface area contributed by atoms with Gasteiger partial charge >= 0.3 is 11.8 Å². The van der Waals surface area contributed by atoms with Crippen LogP contribution < -0.4 is 10.6 Å². The second-order valence-electron chi connectivity index (χ2n) is 4.67. The average molecular weight is 356 g/mol. The highest BCUT2D eigenvalue weighted by molar-refractivity contribution is 9.10. The molecule has 7 heteroatoms. The SMILES string of the molecule is O=C(NCCN1CCOCC1)C(=O)Nc1cccc(Br)c1. The molecule has 0 radical (unpaired) electrons. The number of anilines is 1. The monoisotopic (exact) mass is 355 g/mol. The van der Waals surface area contributed by atoms with Gasteiger partial charge in [0, 0.05) is 36.3 Å². The first-order chi connectivity index (χ1) is 10.1. The maximum absolute atomic E-state index is 11.7. The Balaban J connectivity index is 1.71. The summed E-state index contributed by atoms with van der Waals surface area (Å²) in [6.07, 6.45) is 0. The molecule has 0 unspecified atom stereocenters. The molecular weight excluding hydrogens is 338 g/mol. The van der Waals surface area contributed by atoms with Crippen molar-refractivity contribution < 1.29 is 14.3 Å². The van der Waals surface area contributed by atoms with E-state index in [0.29, 0.717) is 12.2 Å². The van der Waals surface area contributed by atoms with Gasteiger partial charge < -0.3 is 15.4 Å². The highest BCUT2D eigenvalue weighted by Crippen LogP contribution is 2.15. The van der Waals surface area contributed by atoms with E-state index in [1.807, 2.05) is 6.07 Å². The summed E-state index contributed by atoms with van der Waals surface area (Å²) in [6.45, 7) is 4.33. The van der Waals surface area contributed by atoms with Gasteiger partial charge in [0.25, 0.3) is 0 Å². The second-order valence-corrected chi connectivity index (χ2v) is 5.59. The zero-order valence-electron chi connectivity index (χ0n) is 11.6. The first-order valence-corrected chi connectivity index (χ1v) is 7.59. The molecule has 0 bridgehead atoms. The Bertz CT molecular complexity index is 504. The number of rotatable bonds is 4. The van der Waals surface area contributed by atoms with Crippen LogP contribution in [0.1, 0.15) is 0 Å². The van der Waals surface area contributed by atoms with Crippen LogP contribution in [0, 0.1) is 0 Å². The van der Waals surface area contributed by atoms with E-state index >= 15 is 0 Å². The maximum Gasteiger partial charge on any atom is 0.313 e. The standard InChI is InChI=1S/C14H18BrN3O3/c15-11-2-1-3-12(10-11)17-14(20)13(19)16-4-5-18-6-8-21-9-7-18/h1-3,10H,4-9H2,(H,16,19)(H,17,20). The third kappa shape index (κ3) is 5.45. The number of amides is 2. The van der Waals surface area contributed by atoms with E-state index in [4.69, 9.17) is 4.74 Å². The smallest absolute Gasteiger partial charge is 0.313 e. The summed E-state index contributed by atoms with van der Waals surface area (Å²) in [5.41, 5.74) is 0.581. The number of halogens is 1. The normalized spacial score (nSPS) is 15.5. The van der Waals surface area contributed by atoms with Crippen molar-refractivity contribution in [1.29, 1.82) is 0 Å². The molecule has 1 aliphatic rings. The Morgan fingerprint density at radius 1 is 1.24 bits per heavy atom. The third-order valence-corrected chi connectivity index (χ3v) is 3.60. The van der Waals surface area contributed by atoms with Crippen LogP contribution in [0.2, 0.25) is 0 Å². The summed E-state index contributed by atoms with van der Waals surface area (Å²) >= 11 is 3.31. The highest BCUT2D eigenvalue weighted by atomic mass is 79.9. The minimum Gasteiger partial charge on any atom is -0.379 e. The van der Waals surface area contributed by atoms with Crippen LogP contribution in [0.25, 0.3) is 0 Å². The van der Waals surface area contributed by atoms with Crippen molar-refractivity contribution in [1.82, 2.24) is 10.2 Å². The van der Waals surface area contributed by atoms with Crippen LogP contribution in [-0.4, -0.2) is 56.1 Å². The highest BCUT2D eigenvalue weighted by Gasteiger charge is 2.15. The zero-order valence-corrected chi connectivity index (χ0v) is 13.2. The van der Waals surface area contributed by atoms with E-state index in [1.54, 1.807) is 18.2 Å². The van der Waals surface area contributed by atoms with Crippen LogP contribution >= 0.6 is 15.9 Å². The molecular formula is C14H18BrN3O3. The second kappa shape index (κ2) is 8.11. The Hall–Kier alpha value is -1.44. The number of carbonyl (C=O) groups excluding carboxylic acids is 2. The van der Waals surface area contributed by atoms with Crippen molar-refractivity contribution in [2.45, 2.75) is 0 Å². The predicted molar refractivity (Wildman–Crippen MR) is 83.0 cm³/mol. The Labute approximate surface area is 132 Å². The summed E-state index contributed by atoms with van der Waals surface area (Å²) < 4.78 is 6.09. The van der Waals surface area contributed by atoms with Gasteiger partial charge in [-0.3, -0.25) is 14.5 Å². The lowest BCUT2D eigenvalue weighted by atomic mass is 10.3. The van der Waals surface area contributed by atoms with Gasteiger partial charge in [0.05, 0.1) is 13.2 Å². The molecule has 2 N–H and O–H groups in total. The number of hydrogen-bond donors (Lipinski definition) is 2. The van der Waals surface area contributed by atoms with E-state index in [0.717, 1.165) is 37.3 Å². The van der Waals surface area contributed by atoms with Gasteiger partial charge in [0.1, 0.15) is 0 Å². The largest absolute Gasteiger partial charge is 0.379 e. The number of ether oxygens (including phenoxy) is 1. The molecule has 1 aromatic carbocycles. The van der Waals surface area contributed by atoms with Crippen LogP contribution in [0.4, 0.5) is 5.69 Å². The molecule has 1 heterocycles. The first-order valence-electron chi connectivity index (χ1n) is 6.80. The Morgan fingerprint density at radius 2 is 2.00 bits per heavy atom. The summed E-state index contributed by atoms with van der Waals surface area (Å²) in [5.74, 6) is -1.28. The maximum atomic E-state index is 11.7. The Kier molecular flexibility index (Phi) is 6.16. The zero-order chi connectivity index (χ0) is 15.1. The number of nitrogens with one attached hydrogen (secondary N) is 2. The van der Waals surface area contributed by atoms with E-state index in [2.05, 4.69) is 31.5 Å². The van der Waals surface area contributed by atoms with Crippen molar-refractivity contribution in [3.05, 3.63) is 28.7 Å². The average Bonchev–Trinajstić information content (AvgIpc) is 2.48. The van der Waals surface area contributed by atoms with Gasteiger partial charge in [-0.05, 0) is 18.2 Å². The summed E-state index contributed by atoms with van der Waals surface area (Å²) in [4.78, 5) is 25.6. The van der Waals surface area contributed by atoms with Gasteiger partial charge in [-0.15, -0.1) is 0 Å². The van der Waals surface area contributed by atoms with Gasteiger partial charge in [-0.2, -0.15) is 0 Å². The number of nitrogens with zero attached hydrogens (tertiary/aromatic N) is 1. The molecule has 21 heavy (non-hydrogen) atoms. The number of morpholine rings is 1. The molecule has 1 saturated heterocycles. The van der Waals surface area contributed by atoms with Crippen molar-refractivity contribution in [3.63, 3.8) is 0 Å². The summed E-state index contributed by atoms with van der Waals surface area (Å²) in [5, 5.41) is 5.18. The van der Waals surface area contributed by atoms with Gasteiger partial charge in [0.2, 0.25) is 0 Å². The topological polar surface area (TPSA) is 70.7 Å². The summed E-state index contributed by atoms with van der Waals surface area (Å²) in [6, 6.07) is 7.09. The molecule has 0 spiro atoms. The van der Waals surface area contributed by atoms with Crippen molar-refractivity contribution >= 4 is 33.4 Å². The molecule has 2 rings (SSSR count). The van der Waals surface area contributed by atoms with Crippen molar-refractivity contribution in [2.75, 3.05) is 44.7 Å². The number of benzene rings is 1. The molecule has 0 aromatic heterocycles. The first kappa shape index (κ1) is 15.9. The van der Waals surface area contributed by atoms with E-state index in [9.17, 15) is 9.59 Å². The van der Waals surface area contributed by atoms with E-state index in [-0.39, 0.29) is 0 Å². The lowest BCUT2D eigenvalue weighted by Gasteiger charge is -2.26. The van der Waals surface area contributed by atoms with Crippen LogP contribution in [-0.2, 0) is 14.3 Å². The number of carbonyl (C=O) groups is 2. The van der Waals surface area contributed by atoms with Gasteiger partial charge in [-0.25, -0.2) is 0 Å². The lowest BCUT2D eigenvalue weighted by Crippen LogP contribution is -2.43. The van der Waals surface area contributed by atoms with Crippen LogP contribution in [0.5, 0.6) is 0 Å². The van der Waals surface area contributed by atoms with Crippen molar-refractivity contribution in [3.8, 4) is 0 Å². The van der Waals surface area contributed by atoms with Crippen LogP contribution in [0.3, 0.4) is 0 Å². The fourth-order valence-corrected chi connectivity index (χ4v) is 2.39. The van der Waals surface area contributed by atoms with E-state index < -0.39 is 11.8 Å². The fraction of sp³-hybridized carbons (Fsp3) is 0.429.